The molecule has 2 aromatic carbocycles. The van der Waals surface area contributed by atoms with E-state index in [0.29, 0.717) is 30.2 Å². The number of para-hydroxylation sites is 1. The van der Waals surface area contributed by atoms with Crippen LogP contribution < -0.4 is 14.8 Å². The molecule has 21 heavy (non-hydrogen) atoms. The molecule has 1 N–H and O–H groups in total. The molecule has 4 nitrogen and oxygen atoms in total. The topological polar surface area (TPSA) is 47.6 Å². The first-order valence-corrected chi connectivity index (χ1v) is 7.00. The predicted octanol–water partition coefficient (Wildman–Crippen LogP) is 3.74. The van der Waals surface area contributed by atoms with Crippen molar-refractivity contribution in [3.05, 3.63) is 54.1 Å². The number of benzene rings is 2. The van der Waals surface area contributed by atoms with Gasteiger partial charge in [0.05, 0.1) is 18.8 Å². The lowest BCUT2D eigenvalue weighted by Gasteiger charge is -2.11. The quantitative estimate of drug-likeness (QED) is 0.879. The van der Waals surface area contributed by atoms with Crippen LogP contribution in [0.1, 0.15) is 24.2 Å². The zero-order valence-corrected chi connectivity index (χ0v) is 12.3. The number of amides is 1. The Morgan fingerprint density at radius 3 is 2.52 bits per heavy atom. The van der Waals surface area contributed by atoms with E-state index >= 15 is 0 Å². The van der Waals surface area contributed by atoms with E-state index in [1.54, 1.807) is 18.2 Å². The molecule has 0 atom stereocenters. The molecule has 0 fully saturated rings. The Labute approximate surface area is 124 Å². The van der Waals surface area contributed by atoms with Crippen LogP contribution >= 0.6 is 0 Å². The van der Waals surface area contributed by atoms with Gasteiger partial charge in [-0.25, -0.2) is 0 Å². The Bertz CT molecular complexity index is 610. The summed E-state index contributed by atoms with van der Waals surface area (Å²) in [5.74, 6) is 1.11. The fraction of sp³-hybridized carbons (Fsp3) is 0.235. The van der Waals surface area contributed by atoms with Crippen molar-refractivity contribution in [2.24, 2.45) is 0 Å². The number of carbonyl (C=O) groups is 1. The lowest BCUT2D eigenvalue weighted by Crippen LogP contribution is -2.13. The second kappa shape index (κ2) is 7.33. The highest BCUT2D eigenvalue weighted by Crippen LogP contribution is 2.21. The van der Waals surface area contributed by atoms with Crippen molar-refractivity contribution in [3.63, 3.8) is 0 Å². The van der Waals surface area contributed by atoms with E-state index in [2.05, 4.69) is 5.32 Å². The third-order valence-corrected chi connectivity index (χ3v) is 2.83. The van der Waals surface area contributed by atoms with Crippen LogP contribution in [0.4, 0.5) is 5.69 Å². The summed E-state index contributed by atoms with van der Waals surface area (Å²) in [6, 6.07) is 14.5. The number of hydrogen-bond acceptors (Lipinski definition) is 3. The zero-order chi connectivity index (χ0) is 15.1. The molecule has 0 saturated carbocycles. The average molecular weight is 285 g/mol. The van der Waals surface area contributed by atoms with E-state index in [1.165, 1.54) is 0 Å². The second-order valence-corrected chi connectivity index (χ2v) is 4.34. The van der Waals surface area contributed by atoms with Crippen LogP contribution in [0.2, 0.25) is 0 Å². The standard InChI is InChI=1S/C17H19NO3/c1-3-20-14-9-7-8-13(12-14)18-17(19)15-10-5-6-11-16(15)21-4-2/h5-12H,3-4H2,1-2H3,(H,18,19). The highest BCUT2D eigenvalue weighted by Gasteiger charge is 2.12. The molecular weight excluding hydrogens is 266 g/mol. The molecule has 0 spiro atoms. The minimum atomic E-state index is -0.201. The molecule has 110 valence electrons. The third-order valence-electron chi connectivity index (χ3n) is 2.83. The van der Waals surface area contributed by atoms with Crippen molar-refractivity contribution >= 4 is 11.6 Å². The second-order valence-electron chi connectivity index (χ2n) is 4.34. The van der Waals surface area contributed by atoms with Crippen LogP contribution in [0.25, 0.3) is 0 Å². The Morgan fingerprint density at radius 2 is 1.76 bits per heavy atom. The molecule has 0 heterocycles. The van der Waals surface area contributed by atoms with Gasteiger partial charge in [0.25, 0.3) is 5.91 Å². The van der Waals surface area contributed by atoms with Crippen molar-refractivity contribution < 1.29 is 14.3 Å². The molecule has 0 bridgehead atoms. The lowest BCUT2D eigenvalue weighted by atomic mass is 10.2. The fourth-order valence-corrected chi connectivity index (χ4v) is 1.96. The normalized spacial score (nSPS) is 10.0. The number of nitrogens with one attached hydrogen (secondary N) is 1. The summed E-state index contributed by atoms with van der Waals surface area (Å²) < 4.78 is 10.9. The molecule has 0 aliphatic rings. The van der Waals surface area contributed by atoms with Crippen molar-refractivity contribution in [1.82, 2.24) is 0 Å². The van der Waals surface area contributed by atoms with Gasteiger partial charge < -0.3 is 14.8 Å². The van der Waals surface area contributed by atoms with Crippen LogP contribution in [0.5, 0.6) is 11.5 Å². The highest BCUT2D eigenvalue weighted by atomic mass is 16.5. The molecule has 1 amide bonds. The van der Waals surface area contributed by atoms with Gasteiger partial charge in [0.15, 0.2) is 0 Å². The molecule has 4 heteroatoms. The van der Waals surface area contributed by atoms with Gasteiger partial charge in [0, 0.05) is 11.8 Å². The average Bonchev–Trinajstić information content (AvgIpc) is 2.49. The minimum absolute atomic E-state index is 0.201. The van der Waals surface area contributed by atoms with Gasteiger partial charge >= 0.3 is 0 Å². The van der Waals surface area contributed by atoms with Gasteiger partial charge in [-0.1, -0.05) is 18.2 Å². The predicted molar refractivity (Wildman–Crippen MR) is 83.2 cm³/mol. The fourth-order valence-electron chi connectivity index (χ4n) is 1.96. The monoisotopic (exact) mass is 285 g/mol. The molecule has 0 radical (unpaired) electrons. The van der Waals surface area contributed by atoms with Crippen molar-refractivity contribution in [2.75, 3.05) is 18.5 Å². The van der Waals surface area contributed by atoms with E-state index in [1.807, 2.05) is 44.2 Å². The number of carbonyl (C=O) groups excluding carboxylic acids is 1. The number of ether oxygens (including phenoxy) is 2. The van der Waals surface area contributed by atoms with Crippen LogP contribution in [0.3, 0.4) is 0 Å². The summed E-state index contributed by atoms with van der Waals surface area (Å²) >= 11 is 0. The Hall–Kier alpha value is -2.49. The molecular formula is C17H19NO3. The van der Waals surface area contributed by atoms with Crippen molar-refractivity contribution in [3.8, 4) is 11.5 Å². The van der Waals surface area contributed by atoms with Crippen LogP contribution in [0, 0.1) is 0 Å². The van der Waals surface area contributed by atoms with E-state index in [9.17, 15) is 4.79 Å². The van der Waals surface area contributed by atoms with Crippen LogP contribution in [-0.4, -0.2) is 19.1 Å². The molecule has 0 aliphatic carbocycles. The third kappa shape index (κ3) is 3.99. The van der Waals surface area contributed by atoms with Crippen molar-refractivity contribution in [1.29, 1.82) is 0 Å². The smallest absolute Gasteiger partial charge is 0.259 e. The van der Waals surface area contributed by atoms with Gasteiger partial charge in [-0.05, 0) is 38.1 Å². The Morgan fingerprint density at radius 1 is 1.00 bits per heavy atom. The number of anilines is 1. The number of hydrogen-bond donors (Lipinski definition) is 1. The lowest BCUT2D eigenvalue weighted by molar-refractivity contribution is 0.102. The summed E-state index contributed by atoms with van der Waals surface area (Å²) in [5.41, 5.74) is 1.21. The van der Waals surface area contributed by atoms with E-state index in [-0.39, 0.29) is 5.91 Å². The molecule has 0 unspecified atom stereocenters. The molecule has 0 saturated heterocycles. The molecule has 2 rings (SSSR count). The SMILES string of the molecule is CCOc1cccc(NC(=O)c2ccccc2OCC)c1. The molecule has 2 aromatic rings. The zero-order valence-electron chi connectivity index (χ0n) is 12.3. The van der Waals surface area contributed by atoms with E-state index in [4.69, 9.17) is 9.47 Å². The summed E-state index contributed by atoms with van der Waals surface area (Å²) in [6.07, 6.45) is 0. The maximum atomic E-state index is 12.3. The van der Waals surface area contributed by atoms with Crippen molar-refractivity contribution in [2.45, 2.75) is 13.8 Å². The first-order valence-electron chi connectivity index (χ1n) is 7.00. The molecule has 0 aliphatic heterocycles. The summed E-state index contributed by atoms with van der Waals surface area (Å²) in [6.45, 7) is 4.92. The first-order chi connectivity index (χ1) is 10.2. The van der Waals surface area contributed by atoms with Gasteiger partial charge in [-0.15, -0.1) is 0 Å². The number of rotatable bonds is 6. The Kier molecular flexibility index (Phi) is 5.21. The molecule has 0 aromatic heterocycles. The maximum absolute atomic E-state index is 12.3. The van der Waals surface area contributed by atoms with Crippen LogP contribution in [-0.2, 0) is 0 Å². The van der Waals surface area contributed by atoms with Crippen LogP contribution in [0.15, 0.2) is 48.5 Å². The van der Waals surface area contributed by atoms with Gasteiger partial charge in [0.1, 0.15) is 11.5 Å². The first kappa shape index (κ1) is 14.9. The Balaban J connectivity index is 2.16. The minimum Gasteiger partial charge on any atom is -0.494 e. The van der Waals surface area contributed by atoms with Gasteiger partial charge in [0.2, 0.25) is 0 Å². The van der Waals surface area contributed by atoms with Gasteiger partial charge in [-0.2, -0.15) is 0 Å². The maximum Gasteiger partial charge on any atom is 0.259 e. The summed E-state index contributed by atoms with van der Waals surface area (Å²) in [7, 11) is 0. The highest BCUT2D eigenvalue weighted by molar-refractivity contribution is 6.06. The van der Waals surface area contributed by atoms with E-state index in [0.717, 1.165) is 5.75 Å². The van der Waals surface area contributed by atoms with E-state index < -0.39 is 0 Å². The largest absolute Gasteiger partial charge is 0.494 e. The van der Waals surface area contributed by atoms with Gasteiger partial charge in [-0.3, -0.25) is 4.79 Å². The summed E-state index contributed by atoms with van der Waals surface area (Å²) in [5, 5.41) is 2.86. The summed E-state index contributed by atoms with van der Waals surface area (Å²) in [4.78, 5) is 12.3.